The molecule has 2 rings (SSSR count). The Bertz CT molecular complexity index is 340. The first kappa shape index (κ1) is 15.0. The molecule has 0 aromatic rings. The van der Waals surface area contributed by atoms with Crippen LogP contribution in [-0.2, 0) is 4.74 Å². The van der Waals surface area contributed by atoms with Crippen LogP contribution in [0.15, 0.2) is 4.99 Å². The molecule has 0 unspecified atom stereocenters. The Labute approximate surface area is 121 Å². The Hall–Kier alpha value is -0.420. The predicted molar refractivity (Wildman–Crippen MR) is 83.0 cm³/mol. The fourth-order valence-corrected chi connectivity index (χ4v) is 3.54. The Kier molecular flexibility index (Phi) is 4.66. The number of hydrogen-bond acceptors (Lipinski definition) is 3. The molecule has 2 heterocycles. The zero-order chi connectivity index (χ0) is 13.9. The minimum Gasteiger partial charge on any atom is -0.380 e. The second-order valence-corrected chi connectivity index (χ2v) is 8.31. The first-order valence-corrected chi connectivity index (χ1v) is 8.18. The molecular formula is C14H27N3OS. The standard InChI is InChI=1S/C14H27N3OS/c1-5-15-12(16-8-14(4)10-18-11-14)17-6-7-19-13(2,3)9-17/h5-11H2,1-4H3,(H,15,16). The summed E-state index contributed by atoms with van der Waals surface area (Å²) < 4.78 is 5.62. The van der Waals surface area contributed by atoms with E-state index in [1.807, 2.05) is 0 Å². The van der Waals surface area contributed by atoms with Gasteiger partial charge in [-0.1, -0.05) is 6.92 Å². The van der Waals surface area contributed by atoms with E-state index in [0.29, 0.717) is 4.75 Å². The molecule has 2 aliphatic heterocycles. The number of hydrogen-bond donors (Lipinski definition) is 1. The van der Waals surface area contributed by atoms with Crippen molar-refractivity contribution in [2.24, 2.45) is 10.4 Å². The van der Waals surface area contributed by atoms with E-state index >= 15 is 0 Å². The molecule has 0 atom stereocenters. The maximum atomic E-state index is 5.30. The van der Waals surface area contributed by atoms with Gasteiger partial charge < -0.3 is 15.0 Å². The van der Waals surface area contributed by atoms with Crippen LogP contribution in [-0.4, -0.2) is 60.8 Å². The van der Waals surface area contributed by atoms with Gasteiger partial charge in [-0.05, 0) is 20.8 Å². The van der Waals surface area contributed by atoms with Crippen LogP contribution in [0.1, 0.15) is 27.7 Å². The molecule has 19 heavy (non-hydrogen) atoms. The first-order chi connectivity index (χ1) is 8.94. The summed E-state index contributed by atoms with van der Waals surface area (Å²) in [6.45, 7) is 14.6. The van der Waals surface area contributed by atoms with Crippen molar-refractivity contribution in [3.63, 3.8) is 0 Å². The van der Waals surface area contributed by atoms with Crippen LogP contribution < -0.4 is 5.32 Å². The average Bonchev–Trinajstić information content (AvgIpc) is 2.31. The van der Waals surface area contributed by atoms with Crippen molar-refractivity contribution in [3.8, 4) is 0 Å². The molecule has 0 radical (unpaired) electrons. The van der Waals surface area contributed by atoms with E-state index in [2.05, 4.69) is 49.7 Å². The largest absolute Gasteiger partial charge is 0.380 e. The number of aliphatic imine (C=N–C) groups is 1. The van der Waals surface area contributed by atoms with Gasteiger partial charge in [0.1, 0.15) is 0 Å². The highest BCUT2D eigenvalue weighted by Gasteiger charge is 2.34. The minimum absolute atomic E-state index is 0.251. The second kappa shape index (κ2) is 5.92. The topological polar surface area (TPSA) is 36.9 Å². The first-order valence-electron chi connectivity index (χ1n) is 7.19. The van der Waals surface area contributed by atoms with Gasteiger partial charge in [-0.25, -0.2) is 0 Å². The van der Waals surface area contributed by atoms with Gasteiger partial charge in [0.2, 0.25) is 0 Å². The second-order valence-electron chi connectivity index (χ2n) is 6.50. The molecule has 110 valence electrons. The molecule has 0 aromatic carbocycles. The molecule has 5 heteroatoms. The minimum atomic E-state index is 0.251. The highest BCUT2D eigenvalue weighted by atomic mass is 32.2. The van der Waals surface area contributed by atoms with Crippen LogP contribution in [0.4, 0.5) is 0 Å². The van der Waals surface area contributed by atoms with Crippen LogP contribution in [0.3, 0.4) is 0 Å². The van der Waals surface area contributed by atoms with E-state index in [1.54, 1.807) is 0 Å². The van der Waals surface area contributed by atoms with Crippen molar-refractivity contribution in [3.05, 3.63) is 0 Å². The SMILES string of the molecule is CCNC(=NCC1(C)COC1)N1CCSC(C)(C)C1. The van der Waals surface area contributed by atoms with Crippen LogP contribution in [0, 0.1) is 5.41 Å². The molecule has 4 nitrogen and oxygen atoms in total. The summed E-state index contributed by atoms with van der Waals surface area (Å²) in [6.07, 6.45) is 0. The fraction of sp³-hybridized carbons (Fsp3) is 0.929. The quantitative estimate of drug-likeness (QED) is 0.634. The average molecular weight is 285 g/mol. The van der Waals surface area contributed by atoms with Gasteiger partial charge in [-0.15, -0.1) is 0 Å². The lowest BCUT2D eigenvalue weighted by Crippen LogP contribution is -2.51. The maximum absolute atomic E-state index is 5.30. The van der Waals surface area contributed by atoms with Gasteiger partial charge in [0.15, 0.2) is 5.96 Å². The normalized spacial score (nSPS) is 25.9. The van der Waals surface area contributed by atoms with Crippen molar-refractivity contribution >= 4 is 17.7 Å². The molecule has 0 bridgehead atoms. The Morgan fingerprint density at radius 1 is 1.37 bits per heavy atom. The van der Waals surface area contributed by atoms with Crippen LogP contribution in [0.5, 0.6) is 0 Å². The van der Waals surface area contributed by atoms with Crippen molar-refractivity contribution < 1.29 is 4.74 Å². The van der Waals surface area contributed by atoms with E-state index in [4.69, 9.17) is 9.73 Å². The molecular weight excluding hydrogens is 258 g/mol. The van der Waals surface area contributed by atoms with E-state index in [1.165, 1.54) is 5.75 Å². The predicted octanol–water partition coefficient (Wildman–Crippen LogP) is 1.82. The van der Waals surface area contributed by atoms with Gasteiger partial charge in [0.05, 0.1) is 19.8 Å². The summed E-state index contributed by atoms with van der Waals surface area (Å²) in [5.41, 5.74) is 0.251. The van der Waals surface area contributed by atoms with Gasteiger partial charge in [-0.2, -0.15) is 11.8 Å². The Morgan fingerprint density at radius 2 is 2.11 bits per heavy atom. The third-order valence-corrected chi connectivity index (χ3v) is 4.87. The highest BCUT2D eigenvalue weighted by Crippen LogP contribution is 2.30. The molecule has 0 saturated carbocycles. The smallest absolute Gasteiger partial charge is 0.194 e. The zero-order valence-corrected chi connectivity index (χ0v) is 13.5. The number of nitrogens with zero attached hydrogens (tertiary/aromatic N) is 2. The maximum Gasteiger partial charge on any atom is 0.194 e. The summed E-state index contributed by atoms with van der Waals surface area (Å²) in [5.74, 6) is 2.25. The van der Waals surface area contributed by atoms with Crippen molar-refractivity contribution in [1.82, 2.24) is 10.2 Å². The van der Waals surface area contributed by atoms with Gasteiger partial charge >= 0.3 is 0 Å². The molecule has 1 N–H and O–H groups in total. The summed E-state index contributed by atoms with van der Waals surface area (Å²) in [5, 5.41) is 3.44. The van der Waals surface area contributed by atoms with E-state index in [9.17, 15) is 0 Å². The monoisotopic (exact) mass is 285 g/mol. The number of ether oxygens (including phenoxy) is 1. The number of rotatable bonds is 3. The van der Waals surface area contributed by atoms with Crippen molar-refractivity contribution in [2.75, 3.05) is 45.1 Å². The van der Waals surface area contributed by atoms with Gasteiger partial charge in [-0.3, -0.25) is 4.99 Å². The summed E-state index contributed by atoms with van der Waals surface area (Å²) >= 11 is 2.05. The van der Waals surface area contributed by atoms with E-state index in [-0.39, 0.29) is 5.41 Å². The zero-order valence-electron chi connectivity index (χ0n) is 12.7. The van der Waals surface area contributed by atoms with Gasteiger partial charge in [0.25, 0.3) is 0 Å². The summed E-state index contributed by atoms with van der Waals surface area (Å²) in [6, 6.07) is 0. The lowest BCUT2D eigenvalue weighted by atomic mass is 9.89. The van der Waals surface area contributed by atoms with E-state index < -0.39 is 0 Å². The Balaban J connectivity index is 1.99. The molecule has 2 saturated heterocycles. The van der Waals surface area contributed by atoms with Gasteiger partial charge in [0, 0.05) is 35.5 Å². The molecule has 2 fully saturated rings. The number of thioether (sulfide) groups is 1. The van der Waals surface area contributed by atoms with E-state index in [0.717, 1.165) is 45.4 Å². The molecule has 0 aromatic heterocycles. The highest BCUT2D eigenvalue weighted by molar-refractivity contribution is 8.00. The van der Waals surface area contributed by atoms with Crippen molar-refractivity contribution in [2.45, 2.75) is 32.4 Å². The molecule has 2 aliphatic rings. The lowest BCUT2D eigenvalue weighted by molar-refractivity contribution is -0.0946. The fourth-order valence-electron chi connectivity index (χ4n) is 2.43. The number of guanidine groups is 1. The molecule has 0 spiro atoms. The van der Waals surface area contributed by atoms with Crippen LogP contribution in [0.25, 0.3) is 0 Å². The Morgan fingerprint density at radius 3 is 2.63 bits per heavy atom. The third kappa shape index (κ3) is 4.02. The molecule has 0 amide bonds. The lowest BCUT2D eigenvalue weighted by Gasteiger charge is -2.40. The molecule has 0 aliphatic carbocycles. The summed E-state index contributed by atoms with van der Waals surface area (Å²) in [7, 11) is 0. The number of nitrogens with one attached hydrogen (secondary N) is 1. The van der Waals surface area contributed by atoms with Crippen LogP contribution >= 0.6 is 11.8 Å². The van der Waals surface area contributed by atoms with Crippen molar-refractivity contribution in [1.29, 1.82) is 0 Å². The van der Waals surface area contributed by atoms with Crippen LogP contribution in [0.2, 0.25) is 0 Å². The summed E-state index contributed by atoms with van der Waals surface area (Å²) in [4.78, 5) is 7.24. The third-order valence-electron chi connectivity index (χ3n) is 3.57.